The van der Waals surface area contributed by atoms with Crippen LogP contribution >= 0.6 is 11.6 Å². The fourth-order valence-electron chi connectivity index (χ4n) is 1.40. The van der Waals surface area contributed by atoms with Crippen LogP contribution in [-0.4, -0.2) is 17.1 Å². The largest absolute Gasteiger partial charge is 0.481 e. The maximum Gasteiger partial charge on any atom is 0.417 e. The maximum absolute atomic E-state index is 12.8. The molecule has 90 valence electrons. The lowest BCUT2D eigenvalue weighted by Gasteiger charge is -2.11. The van der Waals surface area contributed by atoms with Gasteiger partial charge in [-0.25, -0.2) is 4.98 Å². The molecule has 0 fully saturated rings. The van der Waals surface area contributed by atoms with Gasteiger partial charge in [-0.2, -0.15) is 18.2 Å². The molecule has 2 rings (SSSR count). The van der Waals surface area contributed by atoms with Gasteiger partial charge in [0.1, 0.15) is 5.15 Å². The lowest BCUT2D eigenvalue weighted by atomic mass is 10.1. The second-order valence-electron chi connectivity index (χ2n) is 3.22. The summed E-state index contributed by atoms with van der Waals surface area (Å²) in [5, 5.41) is -0.0333. The Hall–Kier alpha value is -1.56. The van der Waals surface area contributed by atoms with Gasteiger partial charge in [-0.1, -0.05) is 11.6 Å². The smallest absolute Gasteiger partial charge is 0.417 e. The minimum absolute atomic E-state index is 0.0753. The van der Waals surface area contributed by atoms with E-state index in [1.54, 1.807) is 0 Å². The van der Waals surface area contributed by atoms with E-state index in [-0.39, 0.29) is 22.1 Å². The first-order valence-electron chi connectivity index (χ1n) is 4.50. The zero-order chi connectivity index (χ0) is 12.6. The van der Waals surface area contributed by atoms with Gasteiger partial charge in [0.25, 0.3) is 0 Å². The van der Waals surface area contributed by atoms with Gasteiger partial charge < -0.3 is 4.74 Å². The molecular formula is C10H6ClF3N2O. The van der Waals surface area contributed by atoms with Gasteiger partial charge in [-0.3, -0.25) is 0 Å². The van der Waals surface area contributed by atoms with Crippen molar-refractivity contribution in [3.05, 3.63) is 28.9 Å². The number of rotatable bonds is 1. The number of nitrogens with zero attached hydrogens (tertiary/aromatic N) is 2. The molecule has 0 aromatic carbocycles. The SMILES string of the molecule is COc1cc(C(F)(F)F)c2ccc(Cl)nc2n1. The number of halogens is 4. The summed E-state index contributed by atoms with van der Waals surface area (Å²) in [6.07, 6.45) is -4.50. The minimum atomic E-state index is -4.50. The van der Waals surface area contributed by atoms with Crippen LogP contribution in [0.4, 0.5) is 13.2 Å². The number of methoxy groups -OCH3 is 1. The van der Waals surface area contributed by atoms with Crippen molar-refractivity contribution in [2.45, 2.75) is 6.18 Å². The molecule has 0 N–H and O–H groups in total. The molecule has 0 spiro atoms. The lowest BCUT2D eigenvalue weighted by Crippen LogP contribution is -2.07. The van der Waals surface area contributed by atoms with E-state index in [1.807, 2.05) is 0 Å². The first-order valence-corrected chi connectivity index (χ1v) is 4.88. The molecule has 17 heavy (non-hydrogen) atoms. The summed E-state index contributed by atoms with van der Waals surface area (Å²) in [5.74, 6) is -0.153. The molecule has 3 nitrogen and oxygen atoms in total. The molecule has 0 bridgehead atoms. The molecule has 0 radical (unpaired) electrons. The summed E-state index contributed by atoms with van der Waals surface area (Å²) in [6.45, 7) is 0. The van der Waals surface area contributed by atoms with E-state index < -0.39 is 11.7 Å². The molecule has 0 aliphatic carbocycles. The summed E-state index contributed by atoms with van der Waals surface area (Å²) in [5.41, 5.74) is -0.937. The minimum Gasteiger partial charge on any atom is -0.481 e. The van der Waals surface area contributed by atoms with Crippen molar-refractivity contribution in [3.63, 3.8) is 0 Å². The number of fused-ring (bicyclic) bond motifs is 1. The van der Waals surface area contributed by atoms with Gasteiger partial charge in [-0.05, 0) is 12.1 Å². The Balaban J connectivity index is 2.81. The highest BCUT2D eigenvalue weighted by molar-refractivity contribution is 6.29. The van der Waals surface area contributed by atoms with Crippen LogP contribution < -0.4 is 4.74 Å². The Labute approximate surface area is 99.2 Å². The first kappa shape index (κ1) is 11.9. The Bertz CT molecular complexity index is 571. The molecule has 0 aliphatic rings. The van der Waals surface area contributed by atoms with Gasteiger partial charge in [0.15, 0.2) is 5.65 Å². The third kappa shape index (κ3) is 2.26. The number of hydrogen-bond acceptors (Lipinski definition) is 3. The predicted molar refractivity (Wildman–Crippen MR) is 56.1 cm³/mol. The highest BCUT2D eigenvalue weighted by Gasteiger charge is 2.34. The van der Waals surface area contributed by atoms with E-state index in [4.69, 9.17) is 16.3 Å². The van der Waals surface area contributed by atoms with E-state index in [0.717, 1.165) is 6.07 Å². The van der Waals surface area contributed by atoms with Crippen molar-refractivity contribution in [1.82, 2.24) is 9.97 Å². The standard InChI is InChI=1S/C10H6ClF3N2O/c1-17-8-4-6(10(12,13)14)5-2-3-7(11)15-9(5)16-8/h2-4H,1H3. The molecule has 2 heterocycles. The molecule has 0 saturated carbocycles. The third-order valence-corrected chi connectivity index (χ3v) is 2.34. The maximum atomic E-state index is 12.8. The zero-order valence-electron chi connectivity index (χ0n) is 8.55. The molecule has 0 amide bonds. The Morgan fingerprint density at radius 2 is 1.94 bits per heavy atom. The fourth-order valence-corrected chi connectivity index (χ4v) is 1.54. The molecule has 0 saturated heterocycles. The van der Waals surface area contributed by atoms with Crippen LogP contribution in [0.2, 0.25) is 5.15 Å². The first-order chi connectivity index (χ1) is 7.91. The quantitative estimate of drug-likeness (QED) is 0.740. The normalized spacial score (nSPS) is 11.8. The number of hydrogen-bond donors (Lipinski definition) is 0. The van der Waals surface area contributed by atoms with Crippen LogP contribution in [0.25, 0.3) is 11.0 Å². The summed E-state index contributed by atoms with van der Waals surface area (Å²) in [7, 11) is 1.23. The number of pyridine rings is 2. The van der Waals surface area contributed by atoms with Crippen molar-refractivity contribution in [3.8, 4) is 5.88 Å². The summed E-state index contributed by atoms with van der Waals surface area (Å²) < 4.78 is 43.1. The van der Waals surface area contributed by atoms with Crippen LogP contribution in [0.15, 0.2) is 18.2 Å². The van der Waals surface area contributed by atoms with Crippen LogP contribution in [0.1, 0.15) is 5.56 Å². The van der Waals surface area contributed by atoms with Crippen LogP contribution in [0.5, 0.6) is 5.88 Å². The summed E-state index contributed by atoms with van der Waals surface area (Å²) in [6, 6.07) is 3.35. The van der Waals surface area contributed by atoms with E-state index in [2.05, 4.69) is 9.97 Å². The van der Waals surface area contributed by atoms with Crippen LogP contribution in [0, 0.1) is 0 Å². The van der Waals surface area contributed by atoms with Gasteiger partial charge in [0, 0.05) is 11.5 Å². The van der Waals surface area contributed by atoms with E-state index in [9.17, 15) is 13.2 Å². The highest BCUT2D eigenvalue weighted by Crippen LogP contribution is 2.36. The van der Waals surface area contributed by atoms with Crippen molar-refractivity contribution in [2.75, 3.05) is 7.11 Å². The van der Waals surface area contributed by atoms with Crippen molar-refractivity contribution < 1.29 is 17.9 Å². The molecular weight excluding hydrogens is 257 g/mol. The lowest BCUT2D eigenvalue weighted by molar-refractivity contribution is -0.136. The van der Waals surface area contributed by atoms with Gasteiger partial charge in [0.2, 0.25) is 5.88 Å². The van der Waals surface area contributed by atoms with Gasteiger partial charge in [-0.15, -0.1) is 0 Å². The van der Waals surface area contributed by atoms with Crippen molar-refractivity contribution in [2.24, 2.45) is 0 Å². The molecule has 2 aromatic rings. The molecule has 0 aliphatic heterocycles. The predicted octanol–water partition coefficient (Wildman–Crippen LogP) is 3.31. The molecule has 0 atom stereocenters. The third-order valence-electron chi connectivity index (χ3n) is 2.13. The topological polar surface area (TPSA) is 35.0 Å². The fraction of sp³-hybridized carbons (Fsp3) is 0.200. The number of aromatic nitrogens is 2. The molecule has 0 unspecified atom stereocenters. The van der Waals surface area contributed by atoms with E-state index in [0.29, 0.717) is 0 Å². The highest BCUT2D eigenvalue weighted by atomic mass is 35.5. The van der Waals surface area contributed by atoms with Crippen LogP contribution in [0.3, 0.4) is 0 Å². The average Bonchev–Trinajstić information content (AvgIpc) is 2.25. The second kappa shape index (κ2) is 4.03. The summed E-state index contributed by atoms with van der Waals surface area (Å²) in [4.78, 5) is 7.54. The van der Waals surface area contributed by atoms with Crippen molar-refractivity contribution >= 4 is 22.6 Å². The average molecular weight is 263 g/mol. The summed E-state index contributed by atoms with van der Waals surface area (Å²) >= 11 is 5.61. The number of alkyl halides is 3. The van der Waals surface area contributed by atoms with Gasteiger partial charge in [0.05, 0.1) is 12.7 Å². The Kier molecular flexibility index (Phi) is 2.82. The molecule has 7 heteroatoms. The van der Waals surface area contributed by atoms with Crippen molar-refractivity contribution in [1.29, 1.82) is 0 Å². The Morgan fingerprint density at radius 1 is 1.24 bits per heavy atom. The zero-order valence-corrected chi connectivity index (χ0v) is 9.30. The van der Waals surface area contributed by atoms with E-state index in [1.165, 1.54) is 19.2 Å². The van der Waals surface area contributed by atoms with Crippen LogP contribution in [-0.2, 0) is 6.18 Å². The van der Waals surface area contributed by atoms with Gasteiger partial charge >= 0.3 is 6.18 Å². The van der Waals surface area contributed by atoms with E-state index >= 15 is 0 Å². The monoisotopic (exact) mass is 262 g/mol. The second-order valence-corrected chi connectivity index (χ2v) is 3.60. The number of ether oxygens (including phenoxy) is 1. The molecule has 2 aromatic heterocycles. The Morgan fingerprint density at radius 3 is 2.53 bits per heavy atom.